The average molecular weight is 319 g/mol. The SMILES string of the molecule is CCc1nc(C(=O)NS(=O)(=O)c2cc(C#N)ccc2C)co1. The number of aryl methyl sites for hydroxylation is 2. The Morgan fingerprint density at radius 1 is 1.45 bits per heavy atom. The molecule has 0 radical (unpaired) electrons. The van der Waals surface area contributed by atoms with Crippen molar-refractivity contribution in [3.63, 3.8) is 0 Å². The first kappa shape index (κ1) is 15.7. The fourth-order valence-corrected chi connectivity index (χ4v) is 3.00. The van der Waals surface area contributed by atoms with Crippen molar-refractivity contribution in [3.8, 4) is 6.07 Å². The standard InChI is InChI=1S/C14H13N3O4S/c1-3-13-16-11(8-21-13)14(18)17-22(19,20)12-6-10(7-15)5-4-9(12)2/h4-6,8H,3H2,1-2H3,(H,17,18). The third kappa shape index (κ3) is 3.15. The maximum absolute atomic E-state index is 12.3. The van der Waals surface area contributed by atoms with Gasteiger partial charge in [-0.15, -0.1) is 0 Å². The van der Waals surface area contributed by atoms with Gasteiger partial charge in [0.15, 0.2) is 11.6 Å². The average Bonchev–Trinajstić information content (AvgIpc) is 2.96. The van der Waals surface area contributed by atoms with E-state index in [0.717, 1.165) is 6.26 Å². The molecule has 0 spiro atoms. The zero-order valence-corrected chi connectivity index (χ0v) is 12.8. The van der Waals surface area contributed by atoms with Gasteiger partial charge in [0.25, 0.3) is 15.9 Å². The minimum Gasteiger partial charge on any atom is -0.448 e. The number of carbonyl (C=O) groups is 1. The van der Waals surface area contributed by atoms with Gasteiger partial charge in [0.05, 0.1) is 16.5 Å². The van der Waals surface area contributed by atoms with E-state index in [2.05, 4.69) is 4.98 Å². The Morgan fingerprint density at radius 2 is 2.18 bits per heavy atom. The number of nitrogens with one attached hydrogen (secondary N) is 1. The van der Waals surface area contributed by atoms with E-state index in [1.807, 2.05) is 10.8 Å². The van der Waals surface area contributed by atoms with E-state index in [1.54, 1.807) is 13.8 Å². The molecule has 0 unspecified atom stereocenters. The zero-order chi connectivity index (χ0) is 16.3. The van der Waals surface area contributed by atoms with Gasteiger partial charge in [-0.2, -0.15) is 5.26 Å². The van der Waals surface area contributed by atoms with Gasteiger partial charge in [-0.1, -0.05) is 13.0 Å². The summed E-state index contributed by atoms with van der Waals surface area (Å²) in [7, 11) is -4.10. The first-order chi connectivity index (χ1) is 10.4. The van der Waals surface area contributed by atoms with Crippen LogP contribution < -0.4 is 4.72 Å². The second-order valence-electron chi connectivity index (χ2n) is 4.51. The van der Waals surface area contributed by atoms with Gasteiger partial charge in [0, 0.05) is 6.42 Å². The van der Waals surface area contributed by atoms with Crippen molar-refractivity contribution in [2.24, 2.45) is 0 Å². The molecule has 0 aliphatic carbocycles. The van der Waals surface area contributed by atoms with Gasteiger partial charge in [0.2, 0.25) is 0 Å². The number of amides is 1. The van der Waals surface area contributed by atoms with Crippen molar-refractivity contribution in [1.29, 1.82) is 5.26 Å². The Kier molecular flexibility index (Phi) is 4.28. The molecule has 0 aliphatic heterocycles. The predicted octanol–water partition coefficient (Wildman–Crippen LogP) is 1.54. The van der Waals surface area contributed by atoms with Gasteiger partial charge in [-0.25, -0.2) is 18.1 Å². The summed E-state index contributed by atoms with van der Waals surface area (Å²) >= 11 is 0. The Labute approximate surface area is 127 Å². The maximum Gasteiger partial charge on any atom is 0.286 e. The number of nitrogens with zero attached hydrogens (tertiary/aromatic N) is 2. The number of benzene rings is 1. The molecule has 1 N–H and O–H groups in total. The molecule has 1 amide bonds. The van der Waals surface area contributed by atoms with E-state index in [-0.39, 0.29) is 16.2 Å². The van der Waals surface area contributed by atoms with Gasteiger partial charge >= 0.3 is 0 Å². The van der Waals surface area contributed by atoms with Gasteiger partial charge in [-0.05, 0) is 24.6 Å². The number of carbonyl (C=O) groups excluding carboxylic acids is 1. The molecule has 2 rings (SSSR count). The van der Waals surface area contributed by atoms with Crippen LogP contribution in [0.15, 0.2) is 33.8 Å². The van der Waals surface area contributed by atoms with Gasteiger partial charge in [-0.3, -0.25) is 4.79 Å². The lowest BCUT2D eigenvalue weighted by Crippen LogP contribution is -2.31. The largest absolute Gasteiger partial charge is 0.448 e. The molecule has 1 aromatic heterocycles. The highest BCUT2D eigenvalue weighted by Gasteiger charge is 2.23. The third-order valence-electron chi connectivity index (χ3n) is 2.92. The van der Waals surface area contributed by atoms with Gasteiger partial charge < -0.3 is 4.42 Å². The van der Waals surface area contributed by atoms with Crippen LogP contribution in [0.2, 0.25) is 0 Å². The van der Waals surface area contributed by atoms with Crippen LogP contribution in [-0.4, -0.2) is 19.3 Å². The Hall–Kier alpha value is -2.66. The first-order valence-corrected chi connectivity index (χ1v) is 7.88. The van der Waals surface area contributed by atoms with E-state index in [0.29, 0.717) is 17.9 Å². The van der Waals surface area contributed by atoms with E-state index < -0.39 is 15.9 Å². The molecule has 2 aromatic rings. The first-order valence-electron chi connectivity index (χ1n) is 6.39. The summed E-state index contributed by atoms with van der Waals surface area (Å²) in [5, 5.41) is 8.85. The minimum atomic E-state index is -4.10. The molecule has 0 saturated heterocycles. The number of oxazole rings is 1. The minimum absolute atomic E-state index is 0.116. The molecule has 0 bridgehead atoms. The summed E-state index contributed by atoms with van der Waals surface area (Å²) < 4.78 is 31.5. The number of sulfonamides is 1. The Bertz CT molecular complexity index is 862. The van der Waals surface area contributed by atoms with Crippen molar-refractivity contribution < 1.29 is 17.6 Å². The van der Waals surface area contributed by atoms with Crippen LogP contribution in [0.1, 0.15) is 34.4 Å². The number of rotatable bonds is 4. The molecule has 1 heterocycles. The van der Waals surface area contributed by atoms with E-state index in [1.165, 1.54) is 18.2 Å². The molecule has 0 atom stereocenters. The van der Waals surface area contributed by atoms with Crippen molar-refractivity contribution in [3.05, 3.63) is 47.2 Å². The second kappa shape index (κ2) is 5.99. The lowest BCUT2D eigenvalue weighted by Gasteiger charge is -2.08. The third-order valence-corrected chi connectivity index (χ3v) is 4.39. The monoisotopic (exact) mass is 319 g/mol. The molecule has 0 saturated carbocycles. The molecule has 7 nitrogen and oxygen atoms in total. The number of hydrogen-bond donors (Lipinski definition) is 1. The molecule has 1 aromatic carbocycles. The van der Waals surface area contributed by atoms with Crippen LogP contribution in [0.25, 0.3) is 0 Å². The second-order valence-corrected chi connectivity index (χ2v) is 6.16. The Balaban J connectivity index is 2.32. The quantitative estimate of drug-likeness (QED) is 0.914. The van der Waals surface area contributed by atoms with E-state index in [9.17, 15) is 13.2 Å². The molecule has 8 heteroatoms. The molecular formula is C14H13N3O4S. The normalized spacial score (nSPS) is 11.0. The van der Waals surface area contributed by atoms with Crippen molar-refractivity contribution in [2.75, 3.05) is 0 Å². The smallest absolute Gasteiger partial charge is 0.286 e. The lowest BCUT2D eigenvalue weighted by molar-refractivity contribution is 0.0976. The molecule has 0 aliphatic rings. The van der Waals surface area contributed by atoms with Crippen molar-refractivity contribution >= 4 is 15.9 Å². The van der Waals surface area contributed by atoms with Crippen LogP contribution >= 0.6 is 0 Å². The van der Waals surface area contributed by atoms with Crippen molar-refractivity contribution in [2.45, 2.75) is 25.2 Å². The predicted molar refractivity (Wildman–Crippen MR) is 76.4 cm³/mol. The van der Waals surface area contributed by atoms with Crippen LogP contribution in [-0.2, 0) is 16.4 Å². The summed E-state index contributed by atoms with van der Waals surface area (Å²) in [6.45, 7) is 3.37. The molecular weight excluding hydrogens is 306 g/mol. The summed E-state index contributed by atoms with van der Waals surface area (Å²) in [6, 6.07) is 6.08. The summed E-state index contributed by atoms with van der Waals surface area (Å²) in [4.78, 5) is 15.7. The highest BCUT2D eigenvalue weighted by atomic mass is 32.2. The van der Waals surface area contributed by atoms with Crippen LogP contribution in [0.4, 0.5) is 0 Å². The van der Waals surface area contributed by atoms with Crippen LogP contribution in [0.3, 0.4) is 0 Å². The van der Waals surface area contributed by atoms with Crippen LogP contribution in [0.5, 0.6) is 0 Å². The number of aromatic nitrogens is 1. The van der Waals surface area contributed by atoms with E-state index >= 15 is 0 Å². The Morgan fingerprint density at radius 3 is 2.77 bits per heavy atom. The summed E-state index contributed by atoms with van der Waals surface area (Å²) in [5.41, 5.74) is 0.497. The summed E-state index contributed by atoms with van der Waals surface area (Å²) in [6.07, 6.45) is 1.59. The van der Waals surface area contributed by atoms with Crippen molar-refractivity contribution in [1.82, 2.24) is 9.71 Å². The fourth-order valence-electron chi connectivity index (χ4n) is 1.77. The topological polar surface area (TPSA) is 113 Å². The maximum atomic E-state index is 12.3. The summed E-state index contributed by atoms with van der Waals surface area (Å²) in [5.74, 6) is -0.546. The van der Waals surface area contributed by atoms with Crippen LogP contribution in [0, 0.1) is 18.3 Å². The van der Waals surface area contributed by atoms with E-state index in [4.69, 9.17) is 9.68 Å². The fraction of sp³-hybridized carbons (Fsp3) is 0.214. The zero-order valence-electron chi connectivity index (χ0n) is 12.0. The number of nitriles is 1. The highest BCUT2D eigenvalue weighted by Crippen LogP contribution is 2.17. The highest BCUT2D eigenvalue weighted by molar-refractivity contribution is 7.90. The number of hydrogen-bond acceptors (Lipinski definition) is 6. The molecule has 114 valence electrons. The molecule has 22 heavy (non-hydrogen) atoms. The molecule has 0 fully saturated rings. The van der Waals surface area contributed by atoms with Gasteiger partial charge in [0.1, 0.15) is 6.26 Å². The lowest BCUT2D eigenvalue weighted by atomic mass is 10.2.